The van der Waals surface area contributed by atoms with Gasteiger partial charge in [0.1, 0.15) is 10.7 Å². The fourth-order valence-electron chi connectivity index (χ4n) is 4.57. The van der Waals surface area contributed by atoms with Crippen molar-refractivity contribution < 1.29 is 9.32 Å². The fraction of sp³-hybridized carbons (Fsp3) is 0.0714. The smallest absolute Gasteiger partial charge is 0.119 e. The van der Waals surface area contributed by atoms with E-state index in [-0.39, 0.29) is 0 Å². The lowest BCUT2D eigenvalue weighted by Crippen LogP contribution is -2.20. The van der Waals surface area contributed by atoms with Gasteiger partial charge >= 0.3 is 0 Å². The van der Waals surface area contributed by atoms with E-state index in [9.17, 15) is 9.32 Å². The van der Waals surface area contributed by atoms with Crippen LogP contribution < -0.4 is 0 Å². The van der Waals surface area contributed by atoms with Gasteiger partial charge in [-0.25, -0.2) is 0 Å². The van der Waals surface area contributed by atoms with Gasteiger partial charge in [0.2, 0.25) is 0 Å². The minimum Gasteiger partial charge on any atom is -0.386 e. The van der Waals surface area contributed by atoms with Crippen LogP contribution in [0.4, 0.5) is 0 Å². The Kier molecular flexibility index (Phi) is 4.87. The molecule has 156 valence electrons. The van der Waals surface area contributed by atoms with Crippen LogP contribution in [0.3, 0.4) is 0 Å². The molecule has 0 bridgehead atoms. The highest BCUT2D eigenvalue weighted by atomic mass is 32.2. The van der Waals surface area contributed by atoms with Crippen molar-refractivity contribution in [2.75, 3.05) is 0 Å². The predicted molar refractivity (Wildman–Crippen MR) is 134 cm³/mol. The maximum Gasteiger partial charge on any atom is 0.119 e. The van der Waals surface area contributed by atoms with E-state index in [1.807, 2.05) is 60.7 Å². The van der Waals surface area contributed by atoms with Crippen molar-refractivity contribution in [3.05, 3.63) is 109 Å². The Bertz CT molecular complexity index is 1490. The molecule has 5 aromatic rings. The summed E-state index contributed by atoms with van der Waals surface area (Å²) in [5.41, 5.74) is 2.91. The Balaban J connectivity index is 1.68. The maximum atomic E-state index is 14.0. The summed E-state index contributed by atoms with van der Waals surface area (Å²) in [5.74, 6) is 0. The first kappa shape index (κ1) is 19.7. The third-order valence-electron chi connectivity index (χ3n) is 6.10. The van der Waals surface area contributed by atoms with E-state index in [1.165, 1.54) is 11.8 Å². The van der Waals surface area contributed by atoms with E-state index in [0.717, 1.165) is 48.0 Å². The van der Waals surface area contributed by atoms with Gasteiger partial charge in [-0.2, -0.15) is 0 Å². The van der Waals surface area contributed by atoms with Crippen LogP contribution in [-0.4, -0.2) is 13.9 Å². The average molecular weight is 453 g/mol. The number of aliphatic hydroxyl groups excluding tert-OH is 1. The first-order valence-electron chi connectivity index (χ1n) is 10.6. The zero-order valence-electron chi connectivity index (χ0n) is 17.1. The second-order valence-corrected chi connectivity index (χ2v) is 11.0. The van der Waals surface area contributed by atoms with Gasteiger partial charge in [-0.1, -0.05) is 91.0 Å². The number of rotatable bonds is 2. The van der Waals surface area contributed by atoms with Crippen molar-refractivity contribution in [3.8, 4) is 11.1 Å². The van der Waals surface area contributed by atoms with Crippen molar-refractivity contribution in [3.63, 3.8) is 0 Å². The van der Waals surface area contributed by atoms with Crippen molar-refractivity contribution in [1.29, 1.82) is 0 Å². The summed E-state index contributed by atoms with van der Waals surface area (Å²) in [4.78, 5) is 1.83. The summed E-state index contributed by atoms with van der Waals surface area (Å²) in [7, 11) is -1.41. The van der Waals surface area contributed by atoms with Crippen molar-refractivity contribution in [1.82, 2.24) is 0 Å². The minimum atomic E-state index is -1.41. The Morgan fingerprint density at radius 1 is 0.688 bits per heavy atom. The minimum absolute atomic E-state index is 0.514. The third kappa shape index (κ3) is 3.10. The molecule has 5 aromatic carbocycles. The van der Waals surface area contributed by atoms with Gasteiger partial charge in [0.25, 0.3) is 0 Å². The third-order valence-corrected chi connectivity index (χ3v) is 9.45. The van der Waals surface area contributed by atoms with E-state index in [0.29, 0.717) is 0 Å². The highest BCUT2D eigenvalue weighted by Crippen LogP contribution is 2.50. The predicted octanol–water partition coefficient (Wildman–Crippen LogP) is 6.93. The van der Waals surface area contributed by atoms with Crippen molar-refractivity contribution in [2.24, 2.45) is 0 Å². The molecule has 1 heterocycles. The number of thioether (sulfide) groups is 1. The molecule has 2 nitrogen and oxygen atoms in total. The van der Waals surface area contributed by atoms with Crippen LogP contribution in [0.15, 0.2) is 113 Å². The molecular formula is C28H20O2S2. The van der Waals surface area contributed by atoms with Crippen LogP contribution in [0, 0.1) is 0 Å². The Labute approximate surface area is 193 Å². The first-order valence-corrected chi connectivity index (χ1v) is 12.7. The Hall–Kier alpha value is -2.92. The SMILES string of the molecule is O=S1c2ccc3ccccc3c2-c2c(ccc3ccccc23)SC1[C@@H](O)c1ccccc1. The molecule has 3 atom stereocenters. The first-order chi connectivity index (χ1) is 15.7. The molecule has 0 radical (unpaired) electrons. The lowest BCUT2D eigenvalue weighted by molar-refractivity contribution is 0.195. The molecule has 6 rings (SSSR count). The van der Waals surface area contributed by atoms with Crippen LogP contribution in [0.1, 0.15) is 11.7 Å². The molecule has 0 aliphatic carbocycles. The molecule has 1 aliphatic rings. The van der Waals surface area contributed by atoms with Crippen molar-refractivity contribution in [2.45, 2.75) is 20.5 Å². The van der Waals surface area contributed by atoms with E-state index < -0.39 is 21.5 Å². The van der Waals surface area contributed by atoms with Crippen LogP contribution in [0.2, 0.25) is 0 Å². The number of hydrogen-bond donors (Lipinski definition) is 1. The summed E-state index contributed by atoms with van der Waals surface area (Å²) < 4.78 is 13.5. The zero-order valence-corrected chi connectivity index (χ0v) is 18.8. The summed E-state index contributed by atoms with van der Waals surface area (Å²) in [6, 6.07) is 34.4. The number of fused-ring (bicyclic) bond motifs is 7. The van der Waals surface area contributed by atoms with Gasteiger partial charge in [-0.15, -0.1) is 11.8 Å². The molecule has 1 aliphatic heterocycles. The van der Waals surface area contributed by atoms with E-state index >= 15 is 0 Å². The molecule has 4 heteroatoms. The molecule has 0 fully saturated rings. The summed E-state index contributed by atoms with van der Waals surface area (Å²) >= 11 is 1.52. The summed E-state index contributed by atoms with van der Waals surface area (Å²) in [5, 5.41) is 15.8. The quantitative estimate of drug-likeness (QED) is 0.315. The molecule has 0 spiro atoms. The van der Waals surface area contributed by atoms with Crippen LogP contribution in [0.25, 0.3) is 32.7 Å². The Morgan fingerprint density at radius 3 is 2.00 bits per heavy atom. The van der Waals surface area contributed by atoms with Crippen molar-refractivity contribution >= 4 is 44.1 Å². The standard InChI is InChI=1S/C28H20O2S2/c29-27(20-10-2-1-3-11-20)28-31-23-16-14-18-8-4-6-12-21(18)25(23)26-22-13-7-5-9-19(22)15-17-24(26)32(28)30/h1-17,27-29H/t27-,28?,32?/m0/s1. The van der Waals surface area contributed by atoms with Gasteiger partial charge in [-0.05, 0) is 39.2 Å². The van der Waals surface area contributed by atoms with Crippen LogP contribution in [0.5, 0.6) is 0 Å². The van der Waals surface area contributed by atoms with Gasteiger partial charge in [0, 0.05) is 20.9 Å². The summed E-state index contributed by atoms with van der Waals surface area (Å²) in [6.07, 6.45) is -0.848. The summed E-state index contributed by atoms with van der Waals surface area (Å²) in [6.45, 7) is 0. The van der Waals surface area contributed by atoms with Crippen LogP contribution in [-0.2, 0) is 10.8 Å². The van der Waals surface area contributed by atoms with E-state index in [1.54, 1.807) is 0 Å². The molecule has 0 saturated heterocycles. The monoisotopic (exact) mass is 452 g/mol. The molecule has 2 unspecified atom stereocenters. The maximum absolute atomic E-state index is 14.0. The molecule has 0 aromatic heterocycles. The van der Waals surface area contributed by atoms with Gasteiger partial charge < -0.3 is 5.11 Å². The van der Waals surface area contributed by atoms with Gasteiger partial charge in [-0.3, -0.25) is 4.21 Å². The molecule has 0 amide bonds. The molecule has 0 saturated carbocycles. The van der Waals surface area contributed by atoms with E-state index in [2.05, 4.69) is 42.5 Å². The van der Waals surface area contributed by atoms with Gasteiger partial charge in [0.05, 0.1) is 10.8 Å². The Morgan fingerprint density at radius 2 is 1.28 bits per heavy atom. The zero-order chi connectivity index (χ0) is 21.7. The molecular weight excluding hydrogens is 432 g/mol. The largest absolute Gasteiger partial charge is 0.386 e. The van der Waals surface area contributed by atoms with E-state index in [4.69, 9.17) is 0 Å². The number of hydrogen-bond acceptors (Lipinski definition) is 3. The molecule has 1 N–H and O–H groups in total. The second kappa shape index (κ2) is 7.89. The topological polar surface area (TPSA) is 37.3 Å². The lowest BCUT2D eigenvalue weighted by Gasteiger charge is -2.21. The highest BCUT2D eigenvalue weighted by Gasteiger charge is 2.35. The van der Waals surface area contributed by atoms with Gasteiger partial charge in [0.15, 0.2) is 0 Å². The lowest BCUT2D eigenvalue weighted by atomic mass is 9.94. The number of benzene rings is 5. The number of aliphatic hydroxyl groups is 1. The fourth-order valence-corrected chi connectivity index (χ4v) is 7.81. The normalized spacial score (nSPS) is 18.7. The average Bonchev–Trinajstić information content (AvgIpc) is 2.99. The molecule has 32 heavy (non-hydrogen) atoms. The van der Waals surface area contributed by atoms with Crippen LogP contribution >= 0.6 is 11.8 Å². The second-order valence-electron chi connectivity index (χ2n) is 7.96. The highest BCUT2D eigenvalue weighted by molar-refractivity contribution is 8.11.